The molecule has 0 aliphatic carbocycles. The Hall–Kier alpha value is 0.584. The maximum Gasteiger partial charge on any atom is 0 e. The summed E-state index contributed by atoms with van der Waals surface area (Å²) in [6.07, 6.45) is 4.31. The van der Waals surface area contributed by atoms with Crippen LogP contribution < -0.4 is 0 Å². The van der Waals surface area contributed by atoms with E-state index in [0.29, 0.717) is 0 Å². The molecular formula is C6H13V-3. The van der Waals surface area contributed by atoms with Gasteiger partial charge in [-0.05, 0) is 0 Å². The van der Waals surface area contributed by atoms with Crippen LogP contribution in [0.2, 0.25) is 0 Å². The average Bonchev–Trinajstić information content (AvgIpc) is 1.41. The maximum atomic E-state index is 3.64. The van der Waals surface area contributed by atoms with E-state index in [9.17, 15) is 0 Å². The molecule has 0 aromatic heterocycles. The molecule has 0 bridgehead atoms. The van der Waals surface area contributed by atoms with Crippen molar-refractivity contribution in [3.8, 4) is 0 Å². The van der Waals surface area contributed by atoms with Gasteiger partial charge in [0.25, 0.3) is 0 Å². The monoisotopic (exact) mass is 136 g/mol. The number of unbranched alkanes of at least 4 members (excludes halogenated alkanes) is 2. The van der Waals surface area contributed by atoms with Crippen LogP contribution in [-0.4, -0.2) is 0 Å². The van der Waals surface area contributed by atoms with Gasteiger partial charge in [-0.1, -0.05) is 0 Å². The summed E-state index contributed by atoms with van der Waals surface area (Å²) in [5, 5.41) is 0. The second-order valence-electron chi connectivity index (χ2n) is 1.05. The van der Waals surface area contributed by atoms with Crippen LogP contribution in [0, 0.1) is 20.8 Å². The zero-order valence-electron chi connectivity index (χ0n) is 5.15. The summed E-state index contributed by atoms with van der Waals surface area (Å²) in [6, 6.07) is 0. The standard InChI is InChI=1S/C5H10.CH3.V/c1-3-5-4-2;;/h4H,1,3,5H2,2H3;1H3;/q-2;-1;. The Morgan fingerprint density at radius 1 is 1.57 bits per heavy atom. The fourth-order valence-electron chi connectivity index (χ4n) is 0.204. The molecular weight excluding hydrogens is 123 g/mol. The normalized spacial score (nSPS) is 6.00. The van der Waals surface area contributed by atoms with Gasteiger partial charge in [0.2, 0.25) is 0 Å². The minimum Gasteiger partial charge on any atom is -0.358 e. The van der Waals surface area contributed by atoms with E-state index in [2.05, 4.69) is 13.3 Å². The van der Waals surface area contributed by atoms with Crippen molar-refractivity contribution in [1.29, 1.82) is 0 Å². The first-order valence-corrected chi connectivity index (χ1v) is 1.99. The van der Waals surface area contributed by atoms with E-state index in [4.69, 9.17) is 0 Å². The van der Waals surface area contributed by atoms with E-state index in [-0.39, 0.29) is 26.0 Å². The van der Waals surface area contributed by atoms with Crippen LogP contribution in [0.5, 0.6) is 0 Å². The van der Waals surface area contributed by atoms with Crippen molar-refractivity contribution in [3.63, 3.8) is 0 Å². The van der Waals surface area contributed by atoms with Crippen LogP contribution >= 0.6 is 0 Å². The Labute approximate surface area is 59.6 Å². The summed E-state index contributed by atoms with van der Waals surface area (Å²) in [7, 11) is 0. The molecule has 0 unspecified atom stereocenters. The van der Waals surface area contributed by atoms with Crippen LogP contribution in [0.15, 0.2) is 0 Å². The van der Waals surface area contributed by atoms with Crippen molar-refractivity contribution in [2.45, 2.75) is 19.8 Å². The SMILES string of the molecule is [CH2-]CC[CH-]C.[CH3-].[V]. The first-order chi connectivity index (χ1) is 2.41. The molecule has 0 aromatic carbocycles. The molecule has 0 rings (SSSR count). The van der Waals surface area contributed by atoms with Gasteiger partial charge in [-0.25, -0.2) is 12.8 Å². The molecule has 0 saturated heterocycles. The van der Waals surface area contributed by atoms with Crippen molar-refractivity contribution in [1.82, 2.24) is 0 Å². The van der Waals surface area contributed by atoms with Crippen LogP contribution in [0.3, 0.4) is 0 Å². The van der Waals surface area contributed by atoms with Gasteiger partial charge in [-0.2, -0.15) is 6.92 Å². The number of hydrogen-bond donors (Lipinski definition) is 0. The van der Waals surface area contributed by atoms with Gasteiger partial charge in [0.1, 0.15) is 0 Å². The molecule has 0 heterocycles. The quantitative estimate of drug-likeness (QED) is 0.511. The molecule has 0 aliphatic heterocycles. The fraction of sp³-hybridized carbons (Fsp3) is 0.500. The average molecular weight is 136 g/mol. The Morgan fingerprint density at radius 3 is 2.00 bits per heavy atom. The van der Waals surface area contributed by atoms with Gasteiger partial charge >= 0.3 is 0 Å². The predicted octanol–water partition coefficient (Wildman–Crippen LogP) is 2.27. The molecule has 0 aliphatic rings. The van der Waals surface area contributed by atoms with Crippen molar-refractivity contribution in [3.05, 3.63) is 20.8 Å². The fourth-order valence-corrected chi connectivity index (χ4v) is 0.204. The largest absolute Gasteiger partial charge is 0.358 e. The smallest absolute Gasteiger partial charge is 0 e. The van der Waals surface area contributed by atoms with Gasteiger partial charge in [0.15, 0.2) is 0 Å². The molecule has 0 aromatic rings. The summed E-state index contributed by atoms with van der Waals surface area (Å²) < 4.78 is 0. The Balaban J connectivity index is -0.0000000800. The third-order valence-electron chi connectivity index (χ3n) is 0.493. The van der Waals surface area contributed by atoms with E-state index in [1.807, 2.05) is 6.92 Å². The first kappa shape index (κ1) is 15.6. The van der Waals surface area contributed by atoms with Crippen LogP contribution in [0.1, 0.15) is 19.8 Å². The van der Waals surface area contributed by atoms with Crippen molar-refractivity contribution < 1.29 is 18.6 Å². The summed E-state index contributed by atoms with van der Waals surface area (Å²) >= 11 is 0. The van der Waals surface area contributed by atoms with Gasteiger partial charge in [-0.3, -0.25) is 0 Å². The zero-order chi connectivity index (χ0) is 4.12. The van der Waals surface area contributed by atoms with Gasteiger partial charge in [0.05, 0.1) is 0 Å². The third kappa shape index (κ3) is 20.7. The molecule has 0 spiro atoms. The molecule has 0 nitrogen and oxygen atoms in total. The summed E-state index contributed by atoms with van der Waals surface area (Å²) in [5.41, 5.74) is 0. The van der Waals surface area contributed by atoms with Crippen LogP contribution in [0.25, 0.3) is 0 Å². The van der Waals surface area contributed by atoms with Crippen molar-refractivity contribution in [2.24, 2.45) is 0 Å². The second kappa shape index (κ2) is 16.0. The van der Waals surface area contributed by atoms with E-state index < -0.39 is 0 Å². The van der Waals surface area contributed by atoms with E-state index in [1.165, 1.54) is 0 Å². The molecule has 0 N–H and O–H groups in total. The third-order valence-corrected chi connectivity index (χ3v) is 0.493. The topological polar surface area (TPSA) is 0 Å². The first-order valence-electron chi connectivity index (χ1n) is 1.99. The maximum absolute atomic E-state index is 3.64. The van der Waals surface area contributed by atoms with Crippen molar-refractivity contribution in [2.75, 3.05) is 0 Å². The van der Waals surface area contributed by atoms with Crippen molar-refractivity contribution >= 4 is 0 Å². The van der Waals surface area contributed by atoms with Crippen LogP contribution in [0.4, 0.5) is 0 Å². The molecule has 45 valence electrons. The molecule has 0 saturated carbocycles. The zero-order valence-corrected chi connectivity index (χ0v) is 6.54. The second-order valence-corrected chi connectivity index (χ2v) is 1.05. The summed E-state index contributed by atoms with van der Waals surface area (Å²) in [5.74, 6) is 0. The van der Waals surface area contributed by atoms with E-state index in [0.717, 1.165) is 12.8 Å². The number of hydrogen-bond acceptors (Lipinski definition) is 0. The molecule has 1 radical (unpaired) electrons. The van der Waals surface area contributed by atoms with Gasteiger partial charge < -0.3 is 20.8 Å². The molecule has 7 heavy (non-hydrogen) atoms. The van der Waals surface area contributed by atoms with E-state index in [1.54, 1.807) is 0 Å². The van der Waals surface area contributed by atoms with E-state index >= 15 is 0 Å². The number of rotatable bonds is 2. The van der Waals surface area contributed by atoms with Gasteiger partial charge in [0, 0.05) is 18.6 Å². The summed E-state index contributed by atoms with van der Waals surface area (Å²) in [4.78, 5) is 0. The molecule has 1 heteroatoms. The molecule has 0 fully saturated rings. The Bertz CT molecular complexity index is 11.7. The molecule has 0 atom stereocenters. The Morgan fingerprint density at radius 2 is 2.00 bits per heavy atom. The molecule has 0 amide bonds. The van der Waals surface area contributed by atoms with Gasteiger partial charge in [-0.15, -0.1) is 0 Å². The minimum atomic E-state index is 0. The summed E-state index contributed by atoms with van der Waals surface area (Å²) in [6.45, 7) is 5.69. The predicted molar refractivity (Wildman–Crippen MR) is 31.0 cm³/mol. The minimum absolute atomic E-state index is 0. The Kier molecular flexibility index (Phi) is 35.7. The van der Waals surface area contributed by atoms with Crippen LogP contribution in [-0.2, 0) is 18.6 Å².